The molecule has 0 spiro atoms. The van der Waals surface area contributed by atoms with Crippen molar-refractivity contribution in [1.29, 1.82) is 0 Å². The van der Waals surface area contributed by atoms with E-state index < -0.39 is 15.3 Å². The number of ether oxygens (including phenoxy) is 1. The third-order valence-electron chi connectivity index (χ3n) is 4.94. The second-order valence-corrected chi connectivity index (χ2v) is 10.2. The van der Waals surface area contributed by atoms with Crippen LogP contribution in [0.15, 0.2) is 48.5 Å². The van der Waals surface area contributed by atoms with Gasteiger partial charge in [0.15, 0.2) is 0 Å². The lowest BCUT2D eigenvalue weighted by atomic mass is 10.1. The zero-order valence-corrected chi connectivity index (χ0v) is 18.6. The van der Waals surface area contributed by atoms with E-state index in [1.165, 1.54) is 0 Å². The minimum atomic E-state index is -3.42. The highest BCUT2D eigenvalue weighted by Crippen LogP contribution is 2.23. The lowest BCUT2D eigenvalue weighted by Gasteiger charge is -2.36. The van der Waals surface area contributed by atoms with Gasteiger partial charge < -0.3 is 15.0 Å². The molecule has 0 radical (unpaired) electrons. The summed E-state index contributed by atoms with van der Waals surface area (Å²) in [7, 11) is -3.42. The number of benzene rings is 2. The van der Waals surface area contributed by atoms with Gasteiger partial charge in [0.2, 0.25) is 10.0 Å². The molecule has 1 heterocycles. The van der Waals surface area contributed by atoms with E-state index in [0.717, 1.165) is 18.8 Å². The summed E-state index contributed by atoms with van der Waals surface area (Å²) < 4.78 is 32.2. The van der Waals surface area contributed by atoms with Crippen LogP contribution in [-0.2, 0) is 14.8 Å². The Morgan fingerprint density at radius 1 is 0.967 bits per heavy atom. The number of carbonyl (C=O) groups is 1. The molecule has 1 fully saturated rings. The Bertz CT molecular complexity index is 962. The SMILES string of the molecule is CC1CN(c2ccc(NC(=O)c3ccc(NS(=O)(=O)C(C)C)cc3)cc2)CC(C)O1. The molecule has 162 valence electrons. The Morgan fingerprint density at radius 3 is 2.03 bits per heavy atom. The molecule has 1 amide bonds. The number of sulfonamides is 1. The van der Waals surface area contributed by atoms with Gasteiger partial charge in [-0.25, -0.2) is 8.42 Å². The third kappa shape index (κ3) is 5.52. The van der Waals surface area contributed by atoms with Crippen molar-refractivity contribution >= 4 is 33.0 Å². The van der Waals surface area contributed by atoms with Gasteiger partial charge in [-0.1, -0.05) is 0 Å². The monoisotopic (exact) mass is 431 g/mol. The van der Waals surface area contributed by atoms with E-state index >= 15 is 0 Å². The van der Waals surface area contributed by atoms with Gasteiger partial charge in [-0.2, -0.15) is 0 Å². The highest BCUT2D eigenvalue weighted by atomic mass is 32.2. The number of nitrogens with zero attached hydrogens (tertiary/aromatic N) is 1. The summed E-state index contributed by atoms with van der Waals surface area (Å²) in [4.78, 5) is 14.8. The lowest BCUT2D eigenvalue weighted by Crippen LogP contribution is -2.45. The number of nitrogens with one attached hydrogen (secondary N) is 2. The van der Waals surface area contributed by atoms with E-state index in [4.69, 9.17) is 4.74 Å². The first-order valence-electron chi connectivity index (χ1n) is 10.1. The molecule has 7 nitrogen and oxygen atoms in total. The van der Waals surface area contributed by atoms with E-state index in [0.29, 0.717) is 16.9 Å². The zero-order valence-electron chi connectivity index (χ0n) is 17.8. The molecule has 2 atom stereocenters. The van der Waals surface area contributed by atoms with Crippen LogP contribution in [-0.4, -0.2) is 44.9 Å². The molecule has 3 rings (SSSR count). The third-order valence-corrected chi connectivity index (χ3v) is 6.70. The van der Waals surface area contributed by atoms with Crippen LogP contribution in [0.3, 0.4) is 0 Å². The quantitative estimate of drug-likeness (QED) is 0.728. The van der Waals surface area contributed by atoms with Crippen molar-refractivity contribution in [3.63, 3.8) is 0 Å². The average molecular weight is 432 g/mol. The minimum absolute atomic E-state index is 0.182. The Morgan fingerprint density at radius 2 is 1.50 bits per heavy atom. The number of amides is 1. The number of anilines is 3. The zero-order chi connectivity index (χ0) is 21.9. The van der Waals surface area contributed by atoms with Gasteiger partial charge in [-0.3, -0.25) is 9.52 Å². The molecular formula is C22H29N3O4S. The normalized spacial score (nSPS) is 19.6. The average Bonchev–Trinajstić information content (AvgIpc) is 2.68. The maximum absolute atomic E-state index is 12.5. The largest absolute Gasteiger partial charge is 0.372 e. The highest BCUT2D eigenvalue weighted by Gasteiger charge is 2.22. The van der Waals surface area contributed by atoms with Crippen molar-refractivity contribution < 1.29 is 17.9 Å². The number of rotatable bonds is 6. The molecule has 8 heteroatoms. The summed E-state index contributed by atoms with van der Waals surface area (Å²) in [5, 5.41) is 2.34. The van der Waals surface area contributed by atoms with Gasteiger partial charge in [0.25, 0.3) is 5.91 Å². The number of hydrogen-bond donors (Lipinski definition) is 2. The molecular weight excluding hydrogens is 402 g/mol. The van der Waals surface area contributed by atoms with E-state index in [-0.39, 0.29) is 18.1 Å². The molecule has 2 unspecified atom stereocenters. The topological polar surface area (TPSA) is 87.7 Å². The van der Waals surface area contributed by atoms with Crippen LogP contribution in [0.5, 0.6) is 0 Å². The van der Waals surface area contributed by atoms with Crippen molar-refractivity contribution in [2.24, 2.45) is 0 Å². The van der Waals surface area contributed by atoms with Gasteiger partial charge in [-0.15, -0.1) is 0 Å². The molecule has 0 aromatic heterocycles. The van der Waals surface area contributed by atoms with Gasteiger partial charge in [0.05, 0.1) is 17.5 Å². The van der Waals surface area contributed by atoms with Gasteiger partial charge in [-0.05, 0) is 76.2 Å². The summed E-state index contributed by atoms with van der Waals surface area (Å²) in [5.74, 6) is -0.255. The molecule has 1 aliphatic rings. The predicted octanol–water partition coefficient (Wildman–Crippen LogP) is 3.70. The molecule has 1 saturated heterocycles. The van der Waals surface area contributed by atoms with Crippen LogP contribution in [0, 0.1) is 0 Å². The lowest BCUT2D eigenvalue weighted by molar-refractivity contribution is -0.00521. The minimum Gasteiger partial charge on any atom is -0.372 e. The number of morpholine rings is 1. The summed E-state index contributed by atoms with van der Waals surface area (Å²) in [6.45, 7) is 9.02. The van der Waals surface area contributed by atoms with E-state index in [1.54, 1.807) is 38.1 Å². The molecule has 2 aromatic rings. The van der Waals surface area contributed by atoms with E-state index in [9.17, 15) is 13.2 Å². The molecule has 0 aliphatic carbocycles. The Balaban J connectivity index is 1.62. The number of hydrogen-bond acceptors (Lipinski definition) is 5. The Hall–Kier alpha value is -2.58. The first-order chi connectivity index (χ1) is 14.1. The fourth-order valence-electron chi connectivity index (χ4n) is 3.32. The van der Waals surface area contributed by atoms with Crippen molar-refractivity contribution in [3.8, 4) is 0 Å². The van der Waals surface area contributed by atoms with Gasteiger partial charge in [0, 0.05) is 35.7 Å². The first kappa shape index (κ1) is 22.1. The predicted molar refractivity (Wildman–Crippen MR) is 121 cm³/mol. The molecule has 0 bridgehead atoms. The maximum Gasteiger partial charge on any atom is 0.255 e. The molecule has 30 heavy (non-hydrogen) atoms. The second kappa shape index (κ2) is 9.06. The maximum atomic E-state index is 12.5. The van der Waals surface area contributed by atoms with Crippen molar-refractivity contribution in [1.82, 2.24) is 0 Å². The molecule has 2 aromatic carbocycles. The van der Waals surface area contributed by atoms with Crippen molar-refractivity contribution in [2.75, 3.05) is 28.0 Å². The number of carbonyl (C=O) groups excluding carboxylic acids is 1. The fraction of sp³-hybridized carbons (Fsp3) is 0.409. The summed E-state index contributed by atoms with van der Waals surface area (Å²) in [6.07, 6.45) is 0.363. The van der Waals surface area contributed by atoms with Crippen LogP contribution in [0.2, 0.25) is 0 Å². The standard InChI is InChI=1S/C22H29N3O4S/c1-15(2)30(27,28)24-20-7-5-18(6-8-20)22(26)23-19-9-11-21(12-10-19)25-13-16(3)29-17(4)14-25/h5-12,15-17,24H,13-14H2,1-4H3,(H,23,26). The highest BCUT2D eigenvalue weighted by molar-refractivity contribution is 7.93. The van der Waals surface area contributed by atoms with E-state index in [2.05, 4.69) is 28.8 Å². The molecule has 2 N–H and O–H groups in total. The van der Waals surface area contributed by atoms with Crippen LogP contribution < -0.4 is 14.9 Å². The van der Waals surface area contributed by atoms with Gasteiger partial charge >= 0.3 is 0 Å². The Kier molecular flexibility index (Phi) is 6.67. The summed E-state index contributed by atoms with van der Waals surface area (Å²) in [6, 6.07) is 14.1. The van der Waals surface area contributed by atoms with Crippen molar-refractivity contribution in [3.05, 3.63) is 54.1 Å². The molecule has 0 saturated carbocycles. The van der Waals surface area contributed by atoms with Crippen LogP contribution in [0.4, 0.5) is 17.1 Å². The smallest absolute Gasteiger partial charge is 0.255 e. The van der Waals surface area contributed by atoms with Crippen LogP contribution in [0.1, 0.15) is 38.1 Å². The summed E-state index contributed by atoms with van der Waals surface area (Å²) >= 11 is 0. The van der Waals surface area contributed by atoms with Crippen LogP contribution in [0.25, 0.3) is 0 Å². The second-order valence-electron chi connectivity index (χ2n) is 7.94. The van der Waals surface area contributed by atoms with Gasteiger partial charge in [0.1, 0.15) is 0 Å². The van der Waals surface area contributed by atoms with Crippen molar-refractivity contribution in [2.45, 2.75) is 45.2 Å². The fourth-order valence-corrected chi connectivity index (χ4v) is 4.02. The molecule has 1 aliphatic heterocycles. The first-order valence-corrected chi connectivity index (χ1v) is 11.6. The van der Waals surface area contributed by atoms with Crippen LogP contribution >= 0.6 is 0 Å². The van der Waals surface area contributed by atoms with E-state index in [1.807, 2.05) is 24.3 Å². The Labute approximate surface area is 178 Å². The summed E-state index contributed by atoms with van der Waals surface area (Å²) in [5.41, 5.74) is 2.67.